The van der Waals surface area contributed by atoms with E-state index < -0.39 is 5.60 Å². The Morgan fingerprint density at radius 3 is 2.74 bits per heavy atom. The quantitative estimate of drug-likeness (QED) is 0.754. The Bertz CT molecular complexity index is 334. The molecule has 0 aromatic carbocycles. The Hall–Kier alpha value is -0.810. The third-order valence-electron chi connectivity index (χ3n) is 4.21. The molecule has 1 amide bonds. The minimum Gasteiger partial charge on any atom is -0.444 e. The van der Waals surface area contributed by atoms with E-state index in [0.717, 1.165) is 19.5 Å². The van der Waals surface area contributed by atoms with Crippen molar-refractivity contribution in [2.24, 2.45) is 0 Å². The number of rotatable bonds is 7. The summed E-state index contributed by atoms with van der Waals surface area (Å²) in [6.07, 6.45) is 6.21. The van der Waals surface area contributed by atoms with Gasteiger partial charge in [0.25, 0.3) is 0 Å². The number of carbonyl (C=O) groups is 1. The van der Waals surface area contributed by atoms with Crippen LogP contribution in [0, 0.1) is 0 Å². The molecule has 136 valence electrons. The lowest BCUT2D eigenvalue weighted by Gasteiger charge is -2.27. The molecule has 1 saturated heterocycles. The van der Waals surface area contributed by atoms with Gasteiger partial charge in [0.1, 0.15) is 5.60 Å². The molecule has 0 radical (unpaired) electrons. The lowest BCUT2D eigenvalue weighted by Crippen LogP contribution is -2.43. The first kappa shape index (κ1) is 20.2. The molecule has 1 aliphatic rings. The van der Waals surface area contributed by atoms with Crippen LogP contribution in [-0.4, -0.2) is 54.9 Å². The average molecular weight is 328 g/mol. The smallest absolute Gasteiger partial charge is 0.410 e. The SMILES string of the molecule is CCN(CCNC(C)CC1CCCCCN1)C(=O)OC(C)(C)C. The van der Waals surface area contributed by atoms with Crippen molar-refractivity contribution in [3.05, 3.63) is 0 Å². The molecule has 1 aliphatic heterocycles. The fraction of sp³-hybridized carbons (Fsp3) is 0.944. The van der Waals surface area contributed by atoms with E-state index >= 15 is 0 Å². The van der Waals surface area contributed by atoms with Crippen molar-refractivity contribution in [2.75, 3.05) is 26.2 Å². The van der Waals surface area contributed by atoms with Gasteiger partial charge in [-0.2, -0.15) is 0 Å². The molecule has 0 spiro atoms. The summed E-state index contributed by atoms with van der Waals surface area (Å²) in [4.78, 5) is 13.8. The number of hydrogen-bond donors (Lipinski definition) is 2. The van der Waals surface area contributed by atoms with Gasteiger partial charge in [-0.1, -0.05) is 12.8 Å². The van der Waals surface area contributed by atoms with Crippen molar-refractivity contribution in [1.82, 2.24) is 15.5 Å². The summed E-state index contributed by atoms with van der Waals surface area (Å²) in [5.41, 5.74) is -0.434. The van der Waals surface area contributed by atoms with Crippen molar-refractivity contribution < 1.29 is 9.53 Å². The van der Waals surface area contributed by atoms with Crippen molar-refractivity contribution in [3.63, 3.8) is 0 Å². The normalized spacial score (nSPS) is 20.7. The van der Waals surface area contributed by atoms with Gasteiger partial charge in [-0.25, -0.2) is 4.79 Å². The number of nitrogens with zero attached hydrogens (tertiary/aromatic N) is 1. The zero-order valence-electron chi connectivity index (χ0n) is 15.8. The lowest BCUT2D eigenvalue weighted by atomic mass is 10.0. The first-order valence-corrected chi connectivity index (χ1v) is 9.26. The maximum absolute atomic E-state index is 12.1. The van der Waals surface area contributed by atoms with Crippen LogP contribution in [0.3, 0.4) is 0 Å². The fourth-order valence-electron chi connectivity index (χ4n) is 2.96. The van der Waals surface area contributed by atoms with Crippen molar-refractivity contribution in [3.8, 4) is 0 Å². The highest BCUT2D eigenvalue weighted by Crippen LogP contribution is 2.13. The molecule has 2 N–H and O–H groups in total. The molecule has 0 saturated carbocycles. The first-order valence-electron chi connectivity index (χ1n) is 9.26. The van der Waals surface area contributed by atoms with Gasteiger partial charge in [0, 0.05) is 31.7 Å². The predicted molar refractivity (Wildman–Crippen MR) is 95.8 cm³/mol. The second-order valence-electron chi connectivity index (χ2n) is 7.65. The van der Waals surface area contributed by atoms with E-state index in [9.17, 15) is 4.79 Å². The standard InChI is InChI=1S/C18H37N3O2/c1-6-21(17(22)23-18(3,4)5)13-12-19-15(2)14-16-10-8-7-9-11-20-16/h15-16,19-20H,6-14H2,1-5H3. The molecule has 0 aromatic rings. The van der Waals surface area contributed by atoms with Crippen molar-refractivity contribution in [1.29, 1.82) is 0 Å². The van der Waals surface area contributed by atoms with Crippen LogP contribution in [0.4, 0.5) is 4.79 Å². The minimum atomic E-state index is -0.434. The zero-order valence-corrected chi connectivity index (χ0v) is 15.8. The number of nitrogens with one attached hydrogen (secondary N) is 2. The highest BCUT2D eigenvalue weighted by Gasteiger charge is 2.21. The fourth-order valence-corrected chi connectivity index (χ4v) is 2.96. The summed E-state index contributed by atoms with van der Waals surface area (Å²) in [6.45, 7) is 13.2. The van der Waals surface area contributed by atoms with E-state index in [2.05, 4.69) is 17.6 Å². The van der Waals surface area contributed by atoms with Gasteiger partial charge in [-0.05, 0) is 60.4 Å². The number of amides is 1. The zero-order chi connectivity index (χ0) is 17.3. The van der Waals surface area contributed by atoms with Crippen molar-refractivity contribution >= 4 is 6.09 Å². The van der Waals surface area contributed by atoms with Crippen LogP contribution < -0.4 is 10.6 Å². The molecule has 1 heterocycles. The molecule has 2 unspecified atom stereocenters. The van der Waals surface area contributed by atoms with E-state index in [1.165, 1.54) is 25.7 Å². The van der Waals surface area contributed by atoms with Crippen LogP contribution in [-0.2, 0) is 4.74 Å². The van der Waals surface area contributed by atoms with Gasteiger partial charge in [0.05, 0.1) is 0 Å². The van der Waals surface area contributed by atoms with E-state index in [1.54, 1.807) is 4.90 Å². The summed E-state index contributed by atoms with van der Waals surface area (Å²) in [7, 11) is 0. The van der Waals surface area contributed by atoms with E-state index in [-0.39, 0.29) is 6.09 Å². The Balaban J connectivity index is 2.25. The Morgan fingerprint density at radius 1 is 1.35 bits per heavy atom. The summed E-state index contributed by atoms with van der Waals surface area (Å²) < 4.78 is 5.43. The van der Waals surface area contributed by atoms with E-state index in [4.69, 9.17) is 4.74 Å². The average Bonchev–Trinajstić information content (AvgIpc) is 2.70. The van der Waals surface area contributed by atoms with Crippen LogP contribution in [0.2, 0.25) is 0 Å². The Labute approximate surface area is 142 Å². The first-order chi connectivity index (χ1) is 10.8. The largest absolute Gasteiger partial charge is 0.444 e. The number of ether oxygens (including phenoxy) is 1. The highest BCUT2D eigenvalue weighted by atomic mass is 16.6. The van der Waals surface area contributed by atoms with E-state index in [1.807, 2.05) is 27.7 Å². The number of carbonyl (C=O) groups excluding carboxylic acids is 1. The summed E-state index contributed by atoms with van der Waals surface area (Å²) in [5.74, 6) is 0. The molecular formula is C18H37N3O2. The molecule has 1 fully saturated rings. The maximum Gasteiger partial charge on any atom is 0.410 e. The second kappa shape index (κ2) is 10.1. The van der Waals surface area contributed by atoms with Crippen LogP contribution in [0.1, 0.15) is 66.7 Å². The summed E-state index contributed by atoms with van der Waals surface area (Å²) in [5, 5.41) is 7.19. The third kappa shape index (κ3) is 9.16. The minimum absolute atomic E-state index is 0.222. The molecule has 1 rings (SSSR count). The molecule has 0 bridgehead atoms. The molecular weight excluding hydrogens is 290 g/mol. The van der Waals surface area contributed by atoms with Crippen LogP contribution in [0.25, 0.3) is 0 Å². The van der Waals surface area contributed by atoms with Gasteiger partial charge in [0.15, 0.2) is 0 Å². The Kier molecular flexibility index (Phi) is 8.92. The van der Waals surface area contributed by atoms with Gasteiger partial charge >= 0.3 is 6.09 Å². The number of likely N-dealkylation sites (N-methyl/N-ethyl adjacent to an activating group) is 1. The summed E-state index contributed by atoms with van der Waals surface area (Å²) in [6, 6.07) is 1.09. The Morgan fingerprint density at radius 2 is 2.09 bits per heavy atom. The predicted octanol–water partition coefficient (Wildman–Crippen LogP) is 3.14. The highest BCUT2D eigenvalue weighted by molar-refractivity contribution is 5.68. The van der Waals surface area contributed by atoms with Crippen LogP contribution >= 0.6 is 0 Å². The van der Waals surface area contributed by atoms with Gasteiger partial charge in [-0.15, -0.1) is 0 Å². The van der Waals surface area contributed by atoms with Crippen molar-refractivity contribution in [2.45, 2.75) is 84.4 Å². The summed E-state index contributed by atoms with van der Waals surface area (Å²) >= 11 is 0. The van der Waals surface area contributed by atoms with E-state index in [0.29, 0.717) is 25.2 Å². The lowest BCUT2D eigenvalue weighted by molar-refractivity contribution is 0.0261. The van der Waals surface area contributed by atoms with Crippen LogP contribution in [0.5, 0.6) is 0 Å². The molecule has 0 aliphatic carbocycles. The second-order valence-corrected chi connectivity index (χ2v) is 7.65. The maximum atomic E-state index is 12.1. The molecule has 5 heteroatoms. The molecule has 0 aromatic heterocycles. The monoisotopic (exact) mass is 327 g/mol. The molecule has 23 heavy (non-hydrogen) atoms. The van der Waals surface area contributed by atoms with Crippen LogP contribution in [0.15, 0.2) is 0 Å². The molecule has 2 atom stereocenters. The number of hydrogen-bond acceptors (Lipinski definition) is 4. The molecule has 5 nitrogen and oxygen atoms in total. The van der Waals surface area contributed by atoms with Gasteiger partial charge in [-0.3, -0.25) is 0 Å². The van der Waals surface area contributed by atoms with Gasteiger partial charge < -0.3 is 20.3 Å². The van der Waals surface area contributed by atoms with Gasteiger partial charge in [0.2, 0.25) is 0 Å². The topological polar surface area (TPSA) is 53.6 Å². The third-order valence-corrected chi connectivity index (χ3v) is 4.21.